The molecule has 0 bridgehead atoms. The van der Waals surface area contributed by atoms with E-state index in [1.165, 1.54) is 5.56 Å². The molecule has 2 fully saturated rings. The number of piperidine rings is 1. The van der Waals surface area contributed by atoms with Crippen LogP contribution in [-0.2, 0) is 11.2 Å². The van der Waals surface area contributed by atoms with Crippen LogP contribution in [0.15, 0.2) is 36.4 Å². The van der Waals surface area contributed by atoms with Crippen LogP contribution >= 0.6 is 0 Å². The molecule has 3 N–H and O–H groups in total. The number of rotatable bonds is 6. The van der Waals surface area contributed by atoms with Crippen molar-refractivity contribution in [1.29, 1.82) is 0 Å². The number of H-pyrrole nitrogens is 1. The van der Waals surface area contributed by atoms with E-state index >= 15 is 0 Å². The van der Waals surface area contributed by atoms with Crippen LogP contribution in [0.5, 0.6) is 0 Å². The van der Waals surface area contributed by atoms with Crippen LogP contribution < -0.4 is 10.6 Å². The van der Waals surface area contributed by atoms with Gasteiger partial charge in [-0.1, -0.05) is 30.3 Å². The fraction of sp³-hybridized carbons (Fsp3) is 0.458. The zero-order valence-electron chi connectivity index (χ0n) is 18.2. The molecule has 0 unspecified atom stereocenters. The Morgan fingerprint density at radius 1 is 1.13 bits per heavy atom. The zero-order chi connectivity index (χ0) is 22.0. The summed E-state index contributed by atoms with van der Waals surface area (Å²) in [5.74, 6) is -0.224. The summed E-state index contributed by atoms with van der Waals surface area (Å²) in [7, 11) is 0. The Bertz CT molecular complexity index is 976. The summed E-state index contributed by atoms with van der Waals surface area (Å²) in [5.41, 5.74) is 2.89. The maximum absolute atomic E-state index is 12.9. The molecule has 0 radical (unpaired) electrons. The molecule has 7 nitrogen and oxygen atoms in total. The van der Waals surface area contributed by atoms with Gasteiger partial charge in [0.25, 0.3) is 11.8 Å². The molecule has 4 amide bonds. The minimum atomic E-state index is -0.889. The molecule has 3 heterocycles. The Morgan fingerprint density at radius 3 is 2.42 bits per heavy atom. The number of carbonyl (C=O) groups is 3. The van der Waals surface area contributed by atoms with Crippen molar-refractivity contribution in [3.05, 3.63) is 58.9 Å². The summed E-state index contributed by atoms with van der Waals surface area (Å²) >= 11 is 0. The average molecular weight is 423 g/mol. The number of amides is 4. The number of aromatic amines is 1. The highest BCUT2D eigenvalue weighted by Crippen LogP contribution is 2.35. The van der Waals surface area contributed by atoms with Crippen LogP contribution in [0, 0.1) is 19.8 Å². The molecule has 7 heteroatoms. The first kappa shape index (κ1) is 21.2. The van der Waals surface area contributed by atoms with Gasteiger partial charge in [-0.25, -0.2) is 4.79 Å². The molecule has 164 valence electrons. The summed E-state index contributed by atoms with van der Waals surface area (Å²) in [6, 6.07) is 11.7. The molecule has 2 saturated heterocycles. The number of aryl methyl sites for hydroxylation is 3. The van der Waals surface area contributed by atoms with E-state index in [0.717, 1.165) is 24.1 Å². The maximum atomic E-state index is 12.9. The third kappa shape index (κ3) is 4.22. The van der Waals surface area contributed by atoms with E-state index in [4.69, 9.17) is 0 Å². The second kappa shape index (κ2) is 8.57. The molecule has 2 aromatic rings. The van der Waals surface area contributed by atoms with E-state index in [1.54, 1.807) is 0 Å². The smallest absolute Gasteiger partial charge is 0.322 e. The van der Waals surface area contributed by atoms with Crippen LogP contribution in [0.25, 0.3) is 0 Å². The number of hydrogen-bond acceptors (Lipinski definition) is 3. The van der Waals surface area contributed by atoms with Crippen LogP contribution in [0.2, 0.25) is 0 Å². The van der Waals surface area contributed by atoms with Crippen molar-refractivity contribution < 1.29 is 14.4 Å². The van der Waals surface area contributed by atoms with Crippen molar-refractivity contribution in [2.24, 2.45) is 5.92 Å². The molecular weight excluding hydrogens is 392 g/mol. The third-order valence-corrected chi connectivity index (χ3v) is 6.69. The number of imide groups is 1. The first-order valence-electron chi connectivity index (χ1n) is 11.0. The van der Waals surface area contributed by atoms with Gasteiger partial charge < -0.3 is 15.2 Å². The molecular formula is C24H30N4O3. The predicted molar refractivity (Wildman–Crippen MR) is 118 cm³/mol. The van der Waals surface area contributed by atoms with Crippen LogP contribution in [0.1, 0.15) is 53.0 Å². The second-order valence-electron chi connectivity index (χ2n) is 8.80. The van der Waals surface area contributed by atoms with Crippen molar-refractivity contribution in [2.45, 2.75) is 51.5 Å². The number of carbonyl (C=O) groups excluding carboxylic acids is 3. The monoisotopic (exact) mass is 422 g/mol. The number of benzene rings is 1. The molecule has 4 rings (SSSR count). The number of aromatic nitrogens is 1. The summed E-state index contributed by atoms with van der Waals surface area (Å²) in [4.78, 5) is 42.8. The van der Waals surface area contributed by atoms with E-state index in [-0.39, 0.29) is 17.7 Å². The number of likely N-dealkylation sites (tertiary alicyclic amines) is 1. The Kier molecular flexibility index (Phi) is 5.85. The van der Waals surface area contributed by atoms with Crippen LogP contribution in [0.4, 0.5) is 4.79 Å². The van der Waals surface area contributed by atoms with E-state index < -0.39 is 11.6 Å². The molecule has 2 aliphatic rings. The van der Waals surface area contributed by atoms with Crippen molar-refractivity contribution in [3.63, 3.8) is 0 Å². The lowest BCUT2D eigenvalue weighted by molar-refractivity contribution is -0.127. The van der Waals surface area contributed by atoms with E-state index in [9.17, 15) is 14.4 Å². The summed E-state index contributed by atoms with van der Waals surface area (Å²) < 4.78 is 0. The Hall–Kier alpha value is -3.09. The number of nitrogens with one attached hydrogen (secondary N) is 3. The van der Waals surface area contributed by atoms with Crippen molar-refractivity contribution in [3.8, 4) is 0 Å². The van der Waals surface area contributed by atoms with Crippen molar-refractivity contribution >= 4 is 17.8 Å². The highest BCUT2D eigenvalue weighted by Gasteiger charge is 2.51. The average Bonchev–Trinajstić information content (AvgIpc) is 3.25. The highest BCUT2D eigenvalue weighted by atomic mass is 16.2. The number of urea groups is 1. The van der Waals surface area contributed by atoms with Gasteiger partial charge in [-0.05, 0) is 69.1 Å². The SMILES string of the molecule is Cc1cc(C)c(C(=O)N2CCC([C@@]3(CCCc4ccccc4)NC(=O)NC3=O)CC2)[nH]1. The zero-order valence-corrected chi connectivity index (χ0v) is 18.2. The maximum Gasteiger partial charge on any atom is 0.322 e. The normalized spacial score (nSPS) is 21.8. The fourth-order valence-corrected chi connectivity index (χ4v) is 5.07. The molecule has 1 atom stereocenters. The van der Waals surface area contributed by atoms with Gasteiger partial charge in [0.15, 0.2) is 0 Å². The molecule has 0 aliphatic carbocycles. The van der Waals surface area contributed by atoms with E-state index in [0.29, 0.717) is 38.0 Å². The molecule has 0 spiro atoms. The number of nitrogens with zero attached hydrogens (tertiary/aromatic N) is 1. The summed E-state index contributed by atoms with van der Waals surface area (Å²) in [6.07, 6.45) is 3.62. The number of hydrogen-bond donors (Lipinski definition) is 3. The lowest BCUT2D eigenvalue weighted by Crippen LogP contribution is -2.56. The van der Waals surface area contributed by atoms with Crippen molar-refractivity contribution in [1.82, 2.24) is 20.5 Å². The van der Waals surface area contributed by atoms with Gasteiger partial charge in [0, 0.05) is 18.8 Å². The van der Waals surface area contributed by atoms with Gasteiger partial charge in [-0.15, -0.1) is 0 Å². The lowest BCUT2D eigenvalue weighted by Gasteiger charge is -2.40. The minimum absolute atomic E-state index is 0.00193. The van der Waals surface area contributed by atoms with Crippen LogP contribution in [0.3, 0.4) is 0 Å². The topological polar surface area (TPSA) is 94.3 Å². The Morgan fingerprint density at radius 2 is 1.84 bits per heavy atom. The van der Waals surface area contributed by atoms with Gasteiger partial charge in [0.05, 0.1) is 0 Å². The van der Waals surface area contributed by atoms with Gasteiger partial charge in [-0.3, -0.25) is 14.9 Å². The molecule has 1 aromatic heterocycles. The Labute approximate surface area is 182 Å². The highest BCUT2D eigenvalue weighted by molar-refractivity contribution is 6.07. The fourth-order valence-electron chi connectivity index (χ4n) is 5.07. The molecule has 2 aliphatic heterocycles. The molecule has 1 aromatic carbocycles. The van der Waals surface area contributed by atoms with E-state index in [2.05, 4.69) is 27.8 Å². The van der Waals surface area contributed by atoms with Gasteiger partial charge >= 0.3 is 6.03 Å². The van der Waals surface area contributed by atoms with Crippen molar-refractivity contribution in [2.75, 3.05) is 13.1 Å². The largest absolute Gasteiger partial charge is 0.354 e. The van der Waals surface area contributed by atoms with Gasteiger partial charge in [0.1, 0.15) is 11.2 Å². The first-order valence-corrected chi connectivity index (χ1v) is 11.0. The predicted octanol–water partition coefficient (Wildman–Crippen LogP) is 3.08. The first-order chi connectivity index (χ1) is 14.9. The molecule has 31 heavy (non-hydrogen) atoms. The van der Waals surface area contributed by atoms with Gasteiger partial charge in [-0.2, -0.15) is 0 Å². The lowest BCUT2D eigenvalue weighted by atomic mass is 9.74. The third-order valence-electron chi connectivity index (χ3n) is 6.69. The standard InChI is InChI=1S/C24H30N4O3/c1-16-15-17(2)25-20(16)21(29)28-13-10-19(11-14-28)24(22(30)26-23(31)27-24)12-6-9-18-7-4-3-5-8-18/h3-5,7-8,15,19,25H,6,9-14H2,1-2H3,(H2,26,27,30,31)/t24-/m1/s1. The van der Waals surface area contributed by atoms with Crippen LogP contribution in [-0.4, -0.2) is 46.4 Å². The van der Waals surface area contributed by atoms with E-state index in [1.807, 2.05) is 43.0 Å². The Balaban J connectivity index is 1.42. The second-order valence-corrected chi connectivity index (χ2v) is 8.80. The minimum Gasteiger partial charge on any atom is -0.354 e. The van der Waals surface area contributed by atoms with Gasteiger partial charge in [0.2, 0.25) is 0 Å². The summed E-state index contributed by atoms with van der Waals surface area (Å²) in [5, 5.41) is 5.40. The molecule has 0 saturated carbocycles. The summed E-state index contributed by atoms with van der Waals surface area (Å²) in [6.45, 7) is 5.02. The quantitative estimate of drug-likeness (QED) is 0.625.